The second-order valence-corrected chi connectivity index (χ2v) is 4.92. The van der Waals surface area contributed by atoms with Crippen LogP contribution in [0.2, 0.25) is 0 Å². The van der Waals surface area contributed by atoms with Crippen LogP contribution in [0.25, 0.3) is 0 Å². The Bertz CT molecular complexity index is 513. The van der Waals surface area contributed by atoms with Gasteiger partial charge >= 0.3 is 12.0 Å². The molecule has 0 aromatic heterocycles. The molecule has 1 aromatic rings. The van der Waals surface area contributed by atoms with Crippen molar-refractivity contribution in [3.63, 3.8) is 0 Å². The Balaban J connectivity index is 2.08. The summed E-state index contributed by atoms with van der Waals surface area (Å²) in [5.74, 6) is -0.937. The first kappa shape index (κ1) is 13.4. The quantitative estimate of drug-likeness (QED) is 0.859. The Hall–Kier alpha value is -2.04. The molecule has 1 heterocycles. The highest BCUT2D eigenvalue weighted by atomic mass is 16.4. The van der Waals surface area contributed by atoms with Gasteiger partial charge in [0.2, 0.25) is 0 Å². The minimum atomic E-state index is -0.937. The van der Waals surface area contributed by atoms with Crippen molar-refractivity contribution in [1.29, 1.82) is 0 Å². The average molecular weight is 262 g/mol. The summed E-state index contributed by atoms with van der Waals surface area (Å²) in [4.78, 5) is 24.5. The normalized spacial score (nSPS) is 18.4. The molecule has 0 radical (unpaired) electrons. The van der Waals surface area contributed by atoms with Crippen LogP contribution in [0.5, 0.6) is 0 Å². The molecule has 1 saturated heterocycles. The number of carbonyl (C=O) groups excluding carboxylic acids is 1. The first-order valence-electron chi connectivity index (χ1n) is 6.36. The number of urea groups is 1. The van der Waals surface area contributed by atoms with Crippen molar-refractivity contribution in [2.24, 2.45) is 0 Å². The number of anilines is 1. The molecular formula is C14H18N2O3. The molecule has 0 bridgehead atoms. The molecule has 102 valence electrons. The fraction of sp³-hybridized carbons (Fsp3) is 0.429. The second kappa shape index (κ2) is 5.30. The van der Waals surface area contributed by atoms with Gasteiger partial charge in [0.1, 0.15) is 6.04 Å². The highest BCUT2D eigenvalue weighted by Gasteiger charge is 2.33. The number of carboxylic acid groups (broad SMARTS) is 1. The zero-order chi connectivity index (χ0) is 14.0. The minimum Gasteiger partial charge on any atom is -0.480 e. The van der Waals surface area contributed by atoms with Gasteiger partial charge in [-0.25, -0.2) is 9.59 Å². The number of benzene rings is 1. The summed E-state index contributed by atoms with van der Waals surface area (Å²) in [6.07, 6.45) is 1.26. The number of amides is 2. The van der Waals surface area contributed by atoms with Crippen LogP contribution >= 0.6 is 0 Å². The maximum absolute atomic E-state index is 12.1. The van der Waals surface area contributed by atoms with E-state index in [1.807, 2.05) is 32.0 Å². The number of hydrogen-bond acceptors (Lipinski definition) is 2. The zero-order valence-electron chi connectivity index (χ0n) is 11.1. The number of aliphatic carboxylic acids is 1. The SMILES string of the molecule is Cc1ccc(NC(=O)N2CCC[C@H]2C(=O)O)cc1C. The van der Waals surface area contributed by atoms with Crippen LogP contribution in [0.1, 0.15) is 24.0 Å². The number of aryl methyl sites for hydroxylation is 2. The van der Waals surface area contributed by atoms with Gasteiger partial charge < -0.3 is 15.3 Å². The zero-order valence-corrected chi connectivity index (χ0v) is 11.1. The summed E-state index contributed by atoms with van der Waals surface area (Å²) in [7, 11) is 0. The summed E-state index contributed by atoms with van der Waals surface area (Å²) in [6, 6.07) is 4.61. The van der Waals surface area contributed by atoms with E-state index in [1.165, 1.54) is 4.90 Å². The molecule has 0 spiro atoms. The number of hydrogen-bond donors (Lipinski definition) is 2. The molecule has 19 heavy (non-hydrogen) atoms. The van der Waals surface area contributed by atoms with Crippen LogP contribution in [0.15, 0.2) is 18.2 Å². The summed E-state index contributed by atoms with van der Waals surface area (Å²) < 4.78 is 0. The Morgan fingerprint density at radius 3 is 2.68 bits per heavy atom. The maximum Gasteiger partial charge on any atom is 0.326 e. The van der Waals surface area contributed by atoms with Crippen molar-refractivity contribution in [3.8, 4) is 0 Å². The predicted molar refractivity (Wildman–Crippen MR) is 72.3 cm³/mol. The van der Waals surface area contributed by atoms with Crippen molar-refractivity contribution >= 4 is 17.7 Å². The van der Waals surface area contributed by atoms with Crippen LogP contribution in [0.4, 0.5) is 10.5 Å². The summed E-state index contributed by atoms with van der Waals surface area (Å²) >= 11 is 0. The third-order valence-electron chi connectivity index (χ3n) is 3.56. The van der Waals surface area contributed by atoms with Crippen molar-refractivity contribution in [1.82, 2.24) is 4.90 Å². The third-order valence-corrected chi connectivity index (χ3v) is 3.56. The van der Waals surface area contributed by atoms with Gasteiger partial charge in [0.15, 0.2) is 0 Å². The first-order chi connectivity index (χ1) is 8.99. The van der Waals surface area contributed by atoms with Gasteiger partial charge in [-0.3, -0.25) is 0 Å². The third kappa shape index (κ3) is 2.86. The molecule has 2 amide bonds. The predicted octanol–water partition coefficient (Wildman–Crippen LogP) is 2.38. The molecular weight excluding hydrogens is 244 g/mol. The van der Waals surface area contributed by atoms with E-state index in [0.29, 0.717) is 18.7 Å². The lowest BCUT2D eigenvalue weighted by Gasteiger charge is -2.22. The van der Waals surface area contributed by atoms with Gasteiger partial charge in [0, 0.05) is 12.2 Å². The lowest BCUT2D eigenvalue weighted by atomic mass is 10.1. The molecule has 1 fully saturated rings. The Morgan fingerprint density at radius 2 is 2.05 bits per heavy atom. The summed E-state index contributed by atoms with van der Waals surface area (Å²) in [5.41, 5.74) is 2.95. The van der Waals surface area contributed by atoms with Crippen LogP contribution < -0.4 is 5.32 Å². The smallest absolute Gasteiger partial charge is 0.326 e. The minimum absolute atomic E-state index is 0.340. The standard InChI is InChI=1S/C14H18N2O3/c1-9-5-6-11(8-10(9)2)15-14(19)16-7-3-4-12(16)13(17)18/h5-6,8,12H,3-4,7H2,1-2H3,(H,15,19)(H,17,18)/t12-/m0/s1. The first-order valence-corrected chi connectivity index (χ1v) is 6.36. The molecule has 0 unspecified atom stereocenters. The summed E-state index contributed by atoms with van der Waals surface area (Å²) in [5, 5.41) is 11.8. The topological polar surface area (TPSA) is 69.6 Å². The number of carbonyl (C=O) groups is 2. The van der Waals surface area contributed by atoms with E-state index < -0.39 is 12.0 Å². The van der Waals surface area contributed by atoms with E-state index in [-0.39, 0.29) is 6.03 Å². The van der Waals surface area contributed by atoms with Gasteiger partial charge in [-0.15, -0.1) is 0 Å². The molecule has 1 atom stereocenters. The number of carboxylic acids is 1. The molecule has 2 rings (SSSR count). The van der Waals surface area contributed by atoms with Crippen LogP contribution in [-0.4, -0.2) is 34.6 Å². The van der Waals surface area contributed by atoms with E-state index in [2.05, 4.69) is 5.32 Å². The van der Waals surface area contributed by atoms with Gasteiger partial charge in [0.05, 0.1) is 0 Å². The molecule has 0 aliphatic carbocycles. The van der Waals surface area contributed by atoms with Crippen molar-refractivity contribution < 1.29 is 14.7 Å². The monoisotopic (exact) mass is 262 g/mol. The van der Waals surface area contributed by atoms with Gasteiger partial charge in [-0.05, 0) is 49.9 Å². The van der Waals surface area contributed by atoms with Crippen LogP contribution in [0, 0.1) is 13.8 Å². The highest BCUT2D eigenvalue weighted by Crippen LogP contribution is 2.20. The Kier molecular flexibility index (Phi) is 3.74. The van der Waals surface area contributed by atoms with Crippen molar-refractivity contribution in [2.75, 3.05) is 11.9 Å². The average Bonchev–Trinajstić information content (AvgIpc) is 2.83. The molecule has 1 aliphatic heterocycles. The number of nitrogens with one attached hydrogen (secondary N) is 1. The van der Waals surface area contributed by atoms with E-state index in [4.69, 9.17) is 5.11 Å². The van der Waals surface area contributed by atoms with E-state index >= 15 is 0 Å². The molecule has 5 heteroatoms. The summed E-state index contributed by atoms with van der Waals surface area (Å²) in [6.45, 7) is 4.47. The second-order valence-electron chi connectivity index (χ2n) is 4.92. The fourth-order valence-corrected chi connectivity index (χ4v) is 2.28. The van der Waals surface area contributed by atoms with Gasteiger partial charge in [0.25, 0.3) is 0 Å². The van der Waals surface area contributed by atoms with Crippen molar-refractivity contribution in [2.45, 2.75) is 32.7 Å². The van der Waals surface area contributed by atoms with Crippen LogP contribution in [0.3, 0.4) is 0 Å². The largest absolute Gasteiger partial charge is 0.480 e. The number of rotatable bonds is 2. The Morgan fingerprint density at radius 1 is 1.32 bits per heavy atom. The Labute approximate surface area is 112 Å². The molecule has 0 saturated carbocycles. The lowest BCUT2D eigenvalue weighted by molar-refractivity contribution is -0.141. The lowest BCUT2D eigenvalue weighted by Crippen LogP contribution is -2.42. The van der Waals surface area contributed by atoms with Crippen molar-refractivity contribution in [3.05, 3.63) is 29.3 Å². The highest BCUT2D eigenvalue weighted by molar-refractivity contribution is 5.92. The number of nitrogens with zero attached hydrogens (tertiary/aromatic N) is 1. The maximum atomic E-state index is 12.1. The van der Waals surface area contributed by atoms with Crippen LogP contribution in [-0.2, 0) is 4.79 Å². The molecule has 5 nitrogen and oxygen atoms in total. The van der Waals surface area contributed by atoms with Gasteiger partial charge in [-0.2, -0.15) is 0 Å². The molecule has 1 aliphatic rings. The van der Waals surface area contributed by atoms with Gasteiger partial charge in [-0.1, -0.05) is 6.07 Å². The van der Waals surface area contributed by atoms with E-state index in [0.717, 1.165) is 17.5 Å². The fourth-order valence-electron chi connectivity index (χ4n) is 2.28. The molecule has 2 N–H and O–H groups in total. The molecule has 1 aromatic carbocycles. The van der Waals surface area contributed by atoms with E-state index in [1.54, 1.807) is 0 Å². The van der Waals surface area contributed by atoms with E-state index in [9.17, 15) is 9.59 Å². The number of likely N-dealkylation sites (tertiary alicyclic amines) is 1.